The van der Waals surface area contributed by atoms with Gasteiger partial charge in [-0.2, -0.15) is 10.2 Å². The van der Waals surface area contributed by atoms with E-state index in [1.807, 2.05) is 0 Å². The monoisotopic (exact) mass is 179 g/mol. The fourth-order valence-electron chi connectivity index (χ4n) is 1.02. The van der Waals surface area contributed by atoms with Crippen molar-refractivity contribution in [1.29, 1.82) is 0 Å². The van der Waals surface area contributed by atoms with Crippen LogP contribution in [-0.4, -0.2) is 25.3 Å². The molecule has 0 atom stereocenters. The number of aromatic amines is 2. The first kappa shape index (κ1) is 7.47. The Bertz CT molecular complexity index is 418. The first-order valence-electron chi connectivity index (χ1n) is 3.46. The second-order valence-corrected chi connectivity index (χ2v) is 2.37. The standard InChI is InChI=1S/C6H5N5O2/c12-11(13)5-3-9-10-6(5)4-1-7-8-2-4/h1-3H,(H,7,8)(H,9,10). The molecule has 0 spiro atoms. The Morgan fingerprint density at radius 3 is 2.85 bits per heavy atom. The second-order valence-electron chi connectivity index (χ2n) is 2.37. The van der Waals surface area contributed by atoms with Gasteiger partial charge >= 0.3 is 5.69 Å². The van der Waals surface area contributed by atoms with Crippen LogP contribution in [0.2, 0.25) is 0 Å². The predicted molar refractivity (Wildman–Crippen MR) is 42.8 cm³/mol. The number of hydrogen-bond acceptors (Lipinski definition) is 4. The topological polar surface area (TPSA) is 100 Å². The molecule has 0 amide bonds. The molecule has 0 saturated heterocycles. The van der Waals surface area contributed by atoms with E-state index in [9.17, 15) is 10.1 Å². The van der Waals surface area contributed by atoms with E-state index in [0.717, 1.165) is 0 Å². The lowest BCUT2D eigenvalue weighted by atomic mass is 10.2. The van der Waals surface area contributed by atoms with Crippen LogP contribution in [0.25, 0.3) is 11.3 Å². The van der Waals surface area contributed by atoms with Crippen LogP contribution in [0.5, 0.6) is 0 Å². The summed E-state index contributed by atoms with van der Waals surface area (Å²) in [5.41, 5.74) is 0.921. The highest BCUT2D eigenvalue weighted by Crippen LogP contribution is 2.25. The summed E-state index contributed by atoms with van der Waals surface area (Å²) in [6.45, 7) is 0. The number of nitrogens with one attached hydrogen (secondary N) is 2. The van der Waals surface area contributed by atoms with Gasteiger partial charge in [-0.15, -0.1) is 0 Å². The minimum atomic E-state index is -0.494. The van der Waals surface area contributed by atoms with E-state index in [4.69, 9.17) is 0 Å². The van der Waals surface area contributed by atoms with Crippen molar-refractivity contribution >= 4 is 5.69 Å². The molecule has 0 unspecified atom stereocenters. The van der Waals surface area contributed by atoms with Crippen LogP contribution in [0.1, 0.15) is 0 Å². The number of nitro groups is 1. The van der Waals surface area contributed by atoms with Crippen LogP contribution >= 0.6 is 0 Å². The molecule has 0 aliphatic carbocycles. The molecule has 0 aliphatic heterocycles. The molecule has 0 bridgehead atoms. The van der Waals surface area contributed by atoms with E-state index >= 15 is 0 Å². The van der Waals surface area contributed by atoms with Gasteiger partial charge in [0.15, 0.2) is 0 Å². The lowest BCUT2D eigenvalue weighted by molar-refractivity contribution is -0.384. The van der Waals surface area contributed by atoms with Crippen molar-refractivity contribution in [1.82, 2.24) is 20.4 Å². The summed E-state index contributed by atoms with van der Waals surface area (Å²) in [4.78, 5) is 10.00. The Balaban J connectivity index is 2.52. The van der Waals surface area contributed by atoms with Gasteiger partial charge in [0.1, 0.15) is 11.9 Å². The molecule has 0 saturated carbocycles. The Morgan fingerprint density at radius 2 is 2.23 bits per heavy atom. The Hall–Kier alpha value is -2.18. The molecule has 13 heavy (non-hydrogen) atoms. The largest absolute Gasteiger partial charge is 0.314 e. The molecule has 2 rings (SSSR count). The molecule has 7 heteroatoms. The van der Waals surface area contributed by atoms with Gasteiger partial charge < -0.3 is 0 Å². The zero-order valence-corrected chi connectivity index (χ0v) is 6.39. The molecule has 2 N–H and O–H groups in total. The summed E-state index contributed by atoms with van der Waals surface area (Å²) in [7, 11) is 0. The molecule has 7 nitrogen and oxygen atoms in total. The summed E-state index contributed by atoms with van der Waals surface area (Å²) in [6.07, 6.45) is 4.21. The number of rotatable bonds is 2. The third-order valence-corrected chi connectivity index (χ3v) is 1.60. The summed E-state index contributed by atoms with van der Waals surface area (Å²) < 4.78 is 0. The Labute approximate surface area is 71.9 Å². The minimum Gasteiger partial charge on any atom is -0.285 e. The molecular weight excluding hydrogens is 174 g/mol. The third-order valence-electron chi connectivity index (χ3n) is 1.60. The van der Waals surface area contributed by atoms with Gasteiger partial charge in [-0.1, -0.05) is 0 Å². The van der Waals surface area contributed by atoms with E-state index in [0.29, 0.717) is 11.3 Å². The van der Waals surface area contributed by atoms with Crippen molar-refractivity contribution in [2.75, 3.05) is 0 Å². The molecule has 0 fully saturated rings. The highest BCUT2D eigenvalue weighted by molar-refractivity contribution is 5.67. The van der Waals surface area contributed by atoms with E-state index in [-0.39, 0.29) is 5.69 Å². The molecular formula is C6H5N5O2. The zero-order valence-electron chi connectivity index (χ0n) is 6.39. The first-order valence-corrected chi connectivity index (χ1v) is 3.46. The highest BCUT2D eigenvalue weighted by atomic mass is 16.6. The van der Waals surface area contributed by atoms with E-state index in [1.165, 1.54) is 12.4 Å². The van der Waals surface area contributed by atoms with E-state index < -0.39 is 4.92 Å². The molecule has 2 aromatic rings. The summed E-state index contributed by atoms with van der Waals surface area (Å²) in [5.74, 6) is 0. The molecule has 0 aromatic carbocycles. The van der Waals surface area contributed by atoms with Crippen molar-refractivity contribution in [3.05, 3.63) is 28.7 Å². The highest BCUT2D eigenvalue weighted by Gasteiger charge is 2.17. The minimum absolute atomic E-state index is 0.0543. The maximum Gasteiger partial charge on any atom is 0.314 e. The normalized spacial score (nSPS) is 10.2. The molecule has 0 aliphatic rings. The molecule has 0 radical (unpaired) electrons. The van der Waals surface area contributed by atoms with Crippen molar-refractivity contribution < 1.29 is 4.92 Å². The first-order chi connectivity index (χ1) is 6.29. The Kier molecular flexibility index (Phi) is 1.55. The second kappa shape index (κ2) is 2.70. The van der Waals surface area contributed by atoms with Crippen molar-refractivity contribution in [3.8, 4) is 11.3 Å². The van der Waals surface area contributed by atoms with Crippen LogP contribution < -0.4 is 0 Å². The fourth-order valence-corrected chi connectivity index (χ4v) is 1.02. The number of hydrogen-bond donors (Lipinski definition) is 2. The average Bonchev–Trinajstić information content (AvgIpc) is 2.74. The van der Waals surface area contributed by atoms with Crippen LogP contribution in [0, 0.1) is 10.1 Å². The van der Waals surface area contributed by atoms with Crippen LogP contribution in [0.4, 0.5) is 5.69 Å². The van der Waals surface area contributed by atoms with Gasteiger partial charge in [-0.25, -0.2) is 0 Å². The fraction of sp³-hybridized carbons (Fsp3) is 0. The SMILES string of the molecule is O=[N+]([O-])c1cn[nH]c1-c1cn[nH]c1. The smallest absolute Gasteiger partial charge is 0.285 e. The summed E-state index contributed by atoms with van der Waals surface area (Å²) in [5, 5.41) is 22.9. The Morgan fingerprint density at radius 1 is 1.38 bits per heavy atom. The van der Waals surface area contributed by atoms with Crippen molar-refractivity contribution in [3.63, 3.8) is 0 Å². The van der Waals surface area contributed by atoms with E-state index in [2.05, 4.69) is 20.4 Å². The summed E-state index contributed by atoms with van der Waals surface area (Å²) >= 11 is 0. The van der Waals surface area contributed by atoms with Gasteiger partial charge in [0.05, 0.1) is 11.1 Å². The molecule has 2 heterocycles. The maximum atomic E-state index is 10.5. The van der Waals surface area contributed by atoms with Gasteiger partial charge in [0, 0.05) is 11.8 Å². The third kappa shape index (κ3) is 1.15. The van der Waals surface area contributed by atoms with Gasteiger partial charge in [-0.05, 0) is 0 Å². The maximum absolute atomic E-state index is 10.5. The quantitative estimate of drug-likeness (QED) is 0.523. The molecule has 2 aromatic heterocycles. The predicted octanol–water partition coefficient (Wildman–Crippen LogP) is 0.708. The van der Waals surface area contributed by atoms with Gasteiger partial charge in [0.2, 0.25) is 0 Å². The number of aromatic nitrogens is 4. The average molecular weight is 179 g/mol. The number of H-pyrrole nitrogens is 2. The lowest BCUT2D eigenvalue weighted by Crippen LogP contribution is -1.87. The molecule has 66 valence electrons. The van der Waals surface area contributed by atoms with Crippen LogP contribution in [-0.2, 0) is 0 Å². The van der Waals surface area contributed by atoms with Gasteiger partial charge in [-0.3, -0.25) is 20.3 Å². The van der Waals surface area contributed by atoms with Crippen LogP contribution in [0.3, 0.4) is 0 Å². The number of nitrogens with zero attached hydrogens (tertiary/aromatic N) is 3. The van der Waals surface area contributed by atoms with Crippen molar-refractivity contribution in [2.45, 2.75) is 0 Å². The van der Waals surface area contributed by atoms with Crippen LogP contribution in [0.15, 0.2) is 18.6 Å². The van der Waals surface area contributed by atoms with Crippen molar-refractivity contribution in [2.24, 2.45) is 0 Å². The van der Waals surface area contributed by atoms with Gasteiger partial charge in [0.25, 0.3) is 0 Å². The summed E-state index contributed by atoms with van der Waals surface area (Å²) in [6, 6.07) is 0. The lowest BCUT2D eigenvalue weighted by Gasteiger charge is -1.89. The zero-order chi connectivity index (χ0) is 9.26. The van der Waals surface area contributed by atoms with E-state index in [1.54, 1.807) is 6.20 Å².